The van der Waals surface area contributed by atoms with Gasteiger partial charge in [-0.15, -0.1) is 13.2 Å². The molecule has 1 aromatic heterocycles. The van der Waals surface area contributed by atoms with Gasteiger partial charge in [-0.2, -0.15) is 0 Å². The number of nitrogens with one attached hydrogen (secondary N) is 1. The second-order valence-corrected chi connectivity index (χ2v) is 5.02. The Morgan fingerprint density at radius 1 is 1.33 bits per heavy atom. The van der Waals surface area contributed by atoms with E-state index in [1.54, 1.807) is 6.92 Å². The van der Waals surface area contributed by atoms with Gasteiger partial charge in [0.2, 0.25) is 0 Å². The number of anilines is 2. The second-order valence-electron chi connectivity index (χ2n) is 3.99. The van der Waals surface area contributed by atoms with Crippen LogP contribution in [0.3, 0.4) is 0 Å². The first-order valence-corrected chi connectivity index (χ1v) is 6.46. The van der Waals surface area contributed by atoms with E-state index in [2.05, 4.69) is 15.0 Å². The highest BCUT2D eigenvalue weighted by molar-refractivity contribution is 7.17. The lowest BCUT2D eigenvalue weighted by atomic mass is 10.3. The molecule has 2 rings (SSSR count). The fourth-order valence-corrected chi connectivity index (χ4v) is 2.28. The third-order valence-electron chi connectivity index (χ3n) is 2.37. The Morgan fingerprint density at radius 3 is 2.43 bits per heavy atom. The SMILES string of the molecule is Cc1nc(N)sc1C(=O)Nc1ccc(OC(F)(F)F)cc1. The fourth-order valence-electron chi connectivity index (χ4n) is 1.56. The van der Waals surface area contributed by atoms with Gasteiger partial charge in [0.25, 0.3) is 5.91 Å². The number of hydrogen-bond donors (Lipinski definition) is 2. The lowest BCUT2D eigenvalue weighted by Gasteiger charge is -2.09. The largest absolute Gasteiger partial charge is 0.573 e. The van der Waals surface area contributed by atoms with E-state index in [0.29, 0.717) is 16.3 Å². The van der Waals surface area contributed by atoms with Crippen LogP contribution in [0, 0.1) is 6.92 Å². The first kappa shape index (κ1) is 15.1. The number of alkyl halides is 3. The highest BCUT2D eigenvalue weighted by Gasteiger charge is 2.30. The number of aryl methyl sites for hydroxylation is 1. The highest BCUT2D eigenvalue weighted by Crippen LogP contribution is 2.25. The lowest BCUT2D eigenvalue weighted by molar-refractivity contribution is -0.274. The van der Waals surface area contributed by atoms with Crippen molar-refractivity contribution < 1.29 is 22.7 Å². The number of halogens is 3. The molecule has 3 N–H and O–H groups in total. The van der Waals surface area contributed by atoms with Crippen LogP contribution in [-0.2, 0) is 0 Å². The zero-order valence-corrected chi connectivity index (χ0v) is 11.5. The maximum absolute atomic E-state index is 12.0. The quantitative estimate of drug-likeness (QED) is 0.911. The molecule has 0 saturated carbocycles. The molecule has 0 bridgehead atoms. The van der Waals surface area contributed by atoms with Crippen molar-refractivity contribution in [3.8, 4) is 5.75 Å². The zero-order valence-electron chi connectivity index (χ0n) is 10.7. The van der Waals surface area contributed by atoms with Gasteiger partial charge in [-0.25, -0.2) is 4.98 Å². The Balaban J connectivity index is 2.07. The zero-order chi connectivity index (χ0) is 15.6. The summed E-state index contributed by atoms with van der Waals surface area (Å²) in [6.07, 6.45) is -4.75. The number of benzene rings is 1. The number of carbonyl (C=O) groups is 1. The first-order valence-electron chi connectivity index (χ1n) is 5.64. The second kappa shape index (κ2) is 5.60. The summed E-state index contributed by atoms with van der Waals surface area (Å²) >= 11 is 1.03. The van der Waals surface area contributed by atoms with Crippen molar-refractivity contribution >= 4 is 28.1 Å². The molecule has 0 aliphatic heterocycles. The third-order valence-corrected chi connectivity index (χ3v) is 3.35. The van der Waals surface area contributed by atoms with Crippen LogP contribution < -0.4 is 15.8 Å². The molecule has 1 aromatic carbocycles. The highest BCUT2D eigenvalue weighted by atomic mass is 32.1. The molecule has 0 spiro atoms. The Kier molecular flexibility index (Phi) is 4.03. The standard InChI is InChI=1S/C12H10F3N3O2S/c1-6-9(21-11(16)17-6)10(19)18-7-2-4-8(5-3-7)20-12(13,14)15/h2-5H,1H3,(H2,16,17)(H,18,19). The molecule has 9 heteroatoms. The summed E-state index contributed by atoms with van der Waals surface area (Å²) in [6, 6.07) is 4.82. The number of nitrogen functional groups attached to an aromatic ring is 1. The normalized spacial score (nSPS) is 11.2. The van der Waals surface area contributed by atoms with Crippen molar-refractivity contribution in [1.29, 1.82) is 0 Å². The van der Waals surface area contributed by atoms with Gasteiger partial charge in [0, 0.05) is 5.69 Å². The molecule has 5 nitrogen and oxygen atoms in total. The van der Waals surface area contributed by atoms with Gasteiger partial charge in [0.15, 0.2) is 5.13 Å². The summed E-state index contributed by atoms with van der Waals surface area (Å²) in [5.41, 5.74) is 6.32. The molecule has 1 heterocycles. The molecule has 0 aliphatic carbocycles. The van der Waals surface area contributed by atoms with Crippen molar-refractivity contribution in [3.63, 3.8) is 0 Å². The molecular formula is C12H10F3N3O2S. The average Bonchev–Trinajstić information content (AvgIpc) is 2.69. The predicted octanol–water partition coefficient (Wildman–Crippen LogP) is 3.18. The Morgan fingerprint density at radius 2 is 1.95 bits per heavy atom. The van der Waals surface area contributed by atoms with Crippen molar-refractivity contribution in [3.05, 3.63) is 34.8 Å². The molecule has 1 amide bonds. The minimum atomic E-state index is -4.75. The van der Waals surface area contributed by atoms with Gasteiger partial charge in [0.1, 0.15) is 10.6 Å². The topological polar surface area (TPSA) is 77.2 Å². The van der Waals surface area contributed by atoms with Crippen LogP contribution in [0.1, 0.15) is 15.4 Å². The summed E-state index contributed by atoms with van der Waals surface area (Å²) in [4.78, 5) is 16.2. The molecule has 0 atom stereocenters. The monoisotopic (exact) mass is 317 g/mol. The van der Waals surface area contributed by atoms with E-state index in [0.717, 1.165) is 23.5 Å². The summed E-state index contributed by atoms with van der Waals surface area (Å²) in [5.74, 6) is -0.787. The number of ether oxygens (including phenoxy) is 1. The first-order chi connectivity index (χ1) is 9.74. The number of thiazole rings is 1. The smallest absolute Gasteiger partial charge is 0.406 e. The number of amides is 1. The van der Waals surface area contributed by atoms with E-state index in [4.69, 9.17) is 5.73 Å². The van der Waals surface area contributed by atoms with Crippen LogP contribution in [0.2, 0.25) is 0 Å². The van der Waals surface area contributed by atoms with E-state index in [9.17, 15) is 18.0 Å². The van der Waals surface area contributed by atoms with E-state index in [1.807, 2.05) is 0 Å². The fraction of sp³-hybridized carbons (Fsp3) is 0.167. The van der Waals surface area contributed by atoms with Gasteiger partial charge < -0.3 is 15.8 Å². The van der Waals surface area contributed by atoms with Crippen LogP contribution in [0.25, 0.3) is 0 Å². The van der Waals surface area contributed by atoms with Crippen molar-refractivity contribution in [1.82, 2.24) is 4.98 Å². The summed E-state index contributed by atoms with van der Waals surface area (Å²) < 4.78 is 39.8. The van der Waals surface area contributed by atoms with Crippen molar-refractivity contribution in [2.45, 2.75) is 13.3 Å². The molecule has 2 aromatic rings. The Bertz CT molecular complexity index is 653. The minimum Gasteiger partial charge on any atom is -0.406 e. The van der Waals surface area contributed by atoms with E-state index >= 15 is 0 Å². The molecule has 0 unspecified atom stereocenters. The van der Waals surface area contributed by atoms with E-state index in [1.165, 1.54) is 12.1 Å². The Labute approximate surface area is 121 Å². The molecule has 0 saturated heterocycles. The summed E-state index contributed by atoms with van der Waals surface area (Å²) in [7, 11) is 0. The van der Waals surface area contributed by atoms with Crippen molar-refractivity contribution in [2.24, 2.45) is 0 Å². The maximum Gasteiger partial charge on any atom is 0.573 e. The van der Waals surface area contributed by atoms with Gasteiger partial charge in [-0.1, -0.05) is 11.3 Å². The van der Waals surface area contributed by atoms with E-state index < -0.39 is 12.3 Å². The van der Waals surface area contributed by atoms with Gasteiger partial charge in [0.05, 0.1) is 5.69 Å². The van der Waals surface area contributed by atoms with Gasteiger partial charge in [-0.05, 0) is 31.2 Å². The van der Waals surface area contributed by atoms with Crippen molar-refractivity contribution in [2.75, 3.05) is 11.1 Å². The van der Waals surface area contributed by atoms with Crippen LogP contribution in [0.15, 0.2) is 24.3 Å². The minimum absolute atomic E-state index is 0.270. The molecule has 0 fully saturated rings. The summed E-state index contributed by atoms with van der Waals surface area (Å²) in [5, 5.41) is 2.81. The molecule has 112 valence electrons. The number of hydrogen-bond acceptors (Lipinski definition) is 5. The van der Waals surface area contributed by atoms with Gasteiger partial charge in [-0.3, -0.25) is 4.79 Å². The summed E-state index contributed by atoms with van der Waals surface area (Å²) in [6.45, 7) is 1.64. The van der Waals surface area contributed by atoms with Crippen LogP contribution in [-0.4, -0.2) is 17.3 Å². The number of rotatable bonds is 3. The lowest BCUT2D eigenvalue weighted by Crippen LogP contribution is -2.17. The van der Waals surface area contributed by atoms with E-state index in [-0.39, 0.29) is 10.9 Å². The molecular weight excluding hydrogens is 307 g/mol. The van der Waals surface area contributed by atoms with Gasteiger partial charge >= 0.3 is 6.36 Å². The molecule has 21 heavy (non-hydrogen) atoms. The Hall–Kier alpha value is -2.29. The van der Waals surface area contributed by atoms with Crippen LogP contribution in [0.5, 0.6) is 5.75 Å². The molecule has 0 aliphatic rings. The number of aromatic nitrogens is 1. The maximum atomic E-state index is 12.0. The number of nitrogens with two attached hydrogens (primary N) is 1. The van der Waals surface area contributed by atoms with Crippen LogP contribution >= 0.6 is 11.3 Å². The average molecular weight is 317 g/mol. The molecule has 0 radical (unpaired) electrons. The third kappa shape index (κ3) is 4.09. The van der Waals surface area contributed by atoms with Crippen LogP contribution in [0.4, 0.5) is 24.0 Å². The number of carbonyl (C=O) groups excluding carboxylic acids is 1. The number of nitrogens with zero attached hydrogens (tertiary/aromatic N) is 1. The predicted molar refractivity (Wildman–Crippen MR) is 72.3 cm³/mol.